The molecule has 1 aromatic rings. The second-order valence-corrected chi connectivity index (χ2v) is 4.72. The van der Waals surface area contributed by atoms with Crippen LogP contribution in [-0.2, 0) is 4.74 Å². The Balaban J connectivity index is 2.91. The number of hydrogen-bond donors (Lipinski definition) is 1. The molecule has 0 aliphatic rings. The summed E-state index contributed by atoms with van der Waals surface area (Å²) in [6.45, 7) is 10.5. The lowest BCUT2D eigenvalue weighted by Crippen LogP contribution is -2.28. The van der Waals surface area contributed by atoms with E-state index in [1.165, 1.54) is 0 Å². The zero-order chi connectivity index (χ0) is 15.0. The fraction of sp³-hybridized carbons (Fsp3) is 0.500. The Morgan fingerprint density at radius 1 is 1.50 bits per heavy atom. The van der Waals surface area contributed by atoms with E-state index in [1.54, 1.807) is 19.3 Å². The van der Waals surface area contributed by atoms with Gasteiger partial charge in [-0.2, -0.15) is 0 Å². The van der Waals surface area contributed by atoms with E-state index >= 15 is 0 Å². The smallest absolute Gasteiger partial charge is 0.146 e. The van der Waals surface area contributed by atoms with Gasteiger partial charge in [0.15, 0.2) is 0 Å². The lowest BCUT2D eigenvalue weighted by Gasteiger charge is -2.24. The molecular formula is C16H25FN2O. The van der Waals surface area contributed by atoms with Gasteiger partial charge >= 0.3 is 0 Å². The van der Waals surface area contributed by atoms with Crippen LogP contribution in [0.25, 0.3) is 0 Å². The van der Waals surface area contributed by atoms with Crippen LogP contribution >= 0.6 is 0 Å². The van der Waals surface area contributed by atoms with E-state index in [0.29, 0.717) is 25.4 Å². The van der Waals surface area contributed by atoms with Crippen LogP contribution in [0.1, 0.15) is 25.5 Å². The van der Waals surface area contributed by atoms with Crippen LogP contribution < -0.4 is 10.2 Å². The van der Waals surface area contributed by atoms with Crippen molar-refractivity contribution in [3.05, 3.63) is 42.2 Å². The summed E-state index contributed by atoms with van der Waals surface area (Å²) in [7, 11) is 1.64. The maximum absolute atomic E-state index is 14.3. The number of methoxy groups -OCH3 is 1. The summed E-state index contributed by atoms with van der Waals surface area (Å²) in [5.41, 5.74) is 1.55. The van der Waals surface area contributed by atoms with Crippen LogP contribution in [0.2, 0.25) is 0 Å². The molecule has 0 aromatic heterocycles. The Kier molecular flexibility index (Phi) is 7.26. The van der Waals surface area contributed by atoms with Crippen molar-refractivity contribution in [2.24, 2.45) is 0 Å². The van der Waals surface area contributed by atoms with Crippen molar-refractivity contribution in [3.63, 3.8) is 0 Å². The number of ether oxygens (including phenoxy) is 1. The van der Waals surface area contributed by atoms with Gasteiger partial charge in [0.2, 0.25) is 0 Å². The molecule has 0 saturated carbocycles. The van der Waals surface area contributed by atoms with Gasteiger partial charge in [0.25, 0.3) is 0 Å². The highest BCUT2D eigenvalue weighted by molar-refractivity contribution is 5.50. The molecule has 1 atom stereocenters. The maximum atomic E-state index is 14.3. The number of hydrogen-bond acceptors (Lipinski definition) is 3. The molecule has 0 heterocycles. The number of halogens is 1. The zero-order valence-corrected chi connectivity index (χ0v) is 12.7. The number of benzene rings is 1. The third-order valence-corrected chi connectivity index (χ3v) is 3.24. The van der Waals surface area contributed by atoms with E-state index < -0.39 is 0 Å². The summed E-state index contributed by atoms with van der Waals surface area (Å²) < 4.78 is 19.4. The highest BCUT2D eigenvalue weighted by Crippen LogP contribution is 2.23. The third-order valence-electron chi connectivity index (χ3n) is 3.24. The predicted octanol–water partition coefficient (Wildman–Crippen LogP) is 3.14. The molecule has 1 rings (SSSR count). The SMILES string of the molecule is C=CCN(CCOC)c1ccc(C(C)NCC)cc1F. The van der Waals surface area contributed by atoms with Crippen LogP contribution in [-0.4, -0.2) is 33.4 Å². The minimum atomic E-state index is -0.204. The van der Waals surface area contributed by atoms with Crippen molar-refractivity contribution in [1.29, 1.82) is 0 Å². The molecule has 0 aliphatic carbocycles. The van der Waals surface area contributed by atoms with E-state index in [1.807, 2.05) is 30.9 Å². The lowest BCUT2D eigenvalue weighted by molar-refractivity contribution is 0.205. The predicted molar refractivity (Wildman–Crippen MR) is 82.8 cm³/mol. The van der Waals surface area contributed by atoms with Crippen molar-refractivity contribution in [2.75, 3.05) is 38.3 Å². The van der Waals surface area contributed by atoms with Crippen LogP contribution in [0.4, 0.5) is 10.1 Å². The number of nitrogens with one attached hydrogen (secondary N) is 1. The molecule has 0 aliphatic heterocycles. The molecule has 0 saturated heterocycles. The van der Waals surface area contributed by atoms with Crippen molar-refractivity contribution >= 4 is 5.69 Å². The molecule has 0 bridgehead atoms. The van der Waals surface area contributed by atoms with Crippen molar-refractivity contribution in [2.45, 2.75) is 19.9 Å². The standard InChI is InChI=1S/C16H25FN2O/c1-5-9-19(10-11-20-4)16-8-7-14(12-15(16)17)13(3)18-6-2/h5,7-8,12-13,18H,1,6,9-11H2,2-4H3. The molecule has 0 amide bonds. The molecule has 0 fully saturated rings. The number of anilines is 1. The molecule has 3 nitrogen and oxygen atoms in total. The fourth-order valence-electron chi connectivity index (χ4n) is 2.14. The highest BCUT2D eigenvalue weighted by atomic mass is 19.1. The first-order chi connectivity index (χ1) is 9.63. The minimum Gasteiger partial charge on any atom is -0.383 e. The molecule has 112 valence electrons. The maximum Gasteiger partial charge on any atom is 0.146 e. The molecule has 0 spiro atoms. The van der Waals surface area contributed by atoms with Crippen molar-refractivity contribution in [1.82, 2.24) is 5.32 Å². The van der Waals surface area contributed by atoms with Crippen LogP contribution in [0.15, 0.2) is 30.9 Å². The molecular weight excluding hydrogens is 255 g/mol. The molecule has 1 unspecified atom stereocenters. The molecule has 1 N–H and O–H groups in total. The summed E-state index contributed by atoms with van der Waals surface area (Å²) in [6, 6.07) is 5.55. The van der Waals surface area contributed by atoms with Gasteiger partial charge in [0.1, 0.15) is 5.82 Å². The van der Waals surface area contributed by atoms with Crippen molar-refractivity contribution < 1.29 is 9.13 Å². The van der Waals surface area contributed by atoms with E-state index in [4.69, 9.17) is 4.74 Å². The summed E-state index contributed by atoms with van der Waals surface area (Å²) >= 11 is 0. The number of rotatable bonds is 9. The normalized spacial score (nSPS) is 12.2. The second-order valence-electron chi connectivity index (χ2n) is 4.72. The molecule has 0 radical (unpaired) electrons. The monoisotopic (exact) mass is 280 g/mol. The van der Waals surface area contributed by atoms with E-state index in [0.717, 1.165) is 12.1 Å². The first kappa shape index (κ1) is 16.7. The largest absolute Gasteiger partial charge is 0.383 e. The topological polar surface area (TPSA) is 24.5 Å². The molecule has 20 heavy (non-hydrogen) atoms. The lowest BCUT2D eigenvalue weighted by atomic mass is 10.1. The Bertz CT molecular complexity index is 423. The fourth-order valence-corrected chi connectivity index (χ4v) is 2.14. The Morgan fingerprint density at radius 3 is 2.80 bits per heavy atom. The van der Waals surface area contributed by atoms with Gasteiger partial charge < -0.3 is 15.0 Å². The average Bonchev–Trinajstić information content (AvgIpc) is 2.44. The third kappa shape index (κ3) is 4.62. The molecule has 1 aromatic carbocycles. The quantitative estimate of drug-likeness (QED) is 0.703. The second kappa shape index (κ2) is 8.72. The minimum absolute atomic E-state index is 0.148. The first-order valence-corrected chi connectivity index (χ1v) is 7.01. The zero-order valence-electron chi connectivity index (χ0n) is 12.7. The first-order valence-electron chi connectivity index (χ1n) is 7.01. The van der Waals surface area contributed by atoms with Crippen LogP contribution in [0, 0.1) is 5.82 Å². The van der Waals surface area contributed by atoms with E-state index in [2.05, 4.69) is 11.9 Å². The van der Waals surface area contributed by atoms with Gasteiger partial charge in [-0.05, 0) is 31.2 Å². The number of nitrogens with zero attached hydrogens (tertiary/aromatic N) is 1. The van der Waals surface area contributed by atoms with E-state index in [-0.39, 0.29) is 11.9 Å². The highest BCUT2D eigenvalue weighted by Gasteiger charge is 2.13. The summed E-state index contributed by atoms with van der Waals surface area (Å²) in [5, 5.41) is 3.28. The Hall–Kier alpha value is -1.39. The Labute approximate surface area is 121 Å². The Morgan fingerprint density at radius 2 is 2.25 bits per heavy atom. The van der Waals surface area contributed by atoms with Gasteiger partial charge in [0, 0.05) is 26.2 Å². The van der Waals surface area contributed by atoms with E-state index in [9.17, 15) is 4.39 Å². The van der Waals surface area contributed by atoms with Crippen LogP contribution in [0.3, 0.4) is 0 Å². The summed E-state index contributed by atoms with van der Waals surface area (Å²) in [4.78, 5) is 1.92. The van der Waals surface area contributed by atoms with Gasteiger partial charge in [-0.15, -0.1) is 6.58 Å². The van der Waals surface area contributed by atoms with Gasteiger partial charge in [-0.1, -0.05) is 19.1 Å². The van der Waals surface area contributed by atoms with Gasteiger partial charge in [-0.3, -0.25) is 0 Å². The molecule has 4 heteroatoms. The van der Waals surface area contributed by atoms with Crippen molar-refractivity contribution in [3.8, 4) is 0 Å². The summed E-state index contributed by atoms with van der Waals surface area (Å²) in [6.07, 6.45) is 1.77. The summed E-state index contributed by atoms with van der Waals surface area (Å²) in [5.74, 6) is -0.204. The van der Waals surface area contributed by atoms with Gasteiger partial charge in [0.05, 0.1) is 12.3 Å². The average molecular weight is 280 g/mol. The van der Waals surface area contributed by atoms with Crippen LogP contribution in [0.5, 0.6) is 0 Å². The van der Waals surface area contributed by atoms with Gasteiger partial charge in [-0.25, -0.2) is 4.39 Å².